The van der Waals surface area contributed by atoms with Gasteiger partial charge in [0, 0.05) is 25.7 Å². The van der Waals surface area contributed by atoms with Gasteiger partial charge in [0.15, 0.2) is 11.5 Å². The van der Waals surface area contributed by atoms with Gasteiger partial charge in [0.05, 0.1) is 25.1 Å². The highest BCUT2D eigenvalue weighted by Gasteiger charge is 2.26. The Morgan fingerprint density at radius 1 is 1.27 bits per heavy atom. The molecule has 1 fully saturated rings. The summed E-state index contributed by atoms with van der Waals surface area (Å²) >= 11 is 0. The number of rotatable bonds is 8. The zero-order valence-electron chi connectivity index (χ0n) is 17.2. The van der Waals surface area contributed by atoms with Crippen LogP contribution < -0.4 is 19.7 Å². The number of nitrogens with one attached hydrogen (secondary N) is 1. The monoisotopic (exact) mass is 414 g/mol. The molecule has 160 valence electrons. The van der Waals surface area contributed by atoms with Crippen LogP contribution in [0.1, 0.15) is 18.4 Å². The zero-order valence-corrected chi connectivity index (χ0v) is 17.2. The third-order valence-corrected chi connectivity index (χ3v) is 5.22. The lowest BCUT2D eigenvalue weighted by molar-refractivity contribution is -0.385. The molecular weight excluding hydrogens is 388 g/mol. The second-order valence-electron chi connectivity index (χ2n) is 7.15. The largest absolute Gasteiger partial charge is 0.493 e. The Balaban J connectivity index is 1.52. The lowest BCUT2D eigenvalue weighted by atomic mass is 9.97. The fraction of sp³-hybridized carbons (Fsp3) is 0.429. The van der Waals surface area contributed by atoms with Crippen molar-refractivity contribution >= 4 is 17.4 Å². The summed E-state index contributed by atoms with van der Waals surface area (Å²) in [5.41, 5.74) is 1.01. The van der Waals surface area contributed by atoms with Crippen LogP contribution in [0, 0.1) is 16.0 Å². The maximum atomic E-state index is 12.6. The summed E-state index contributed by atoms with van der Waals surface area (Å²) in [4.78, 5) is 29.1. The molecule has 1 saturated heterocycles. The molecule has 0 aliphatic carbocycles. The highest BCUT2D eigenvalue weighted by atomic mass is 16.6. The van der Waals surface area contributed by atoms with E-state index in [0.717, 1.165) is 24.9 Å². The molecule has 9 nitrogen and oxygen atoms in total. The van der Waals surface area contributed by atoms with Gasteiger partial charge in [0.1, 0.15) is 12.0 Å². The number of hydrogen-bond acceptors (Lipinski definition) is 7. The number of nitrogens with zero attached hydrogens (tertiary/aromatic N) is 3. The van der Waals surface area contributed by atoms with E-state index in [1.54, 1.807) is 20.3 Å². The molecule has 1 N–H and O–H groups in total. The first-order valence-corrected chi connectivity index (χ1v) is 9.86. The average molecular weight is 414 g/mol. The quantitative estimate of drug-likeness (QED) is 0.523. The van der Waals surface area contributed by atoms with E-state index in [-0.39, 0.29) is 17.5 Å². The number of carbonyl (C=O) groups excluding carboxylic acids is 1. The molecule has 0 radical (unpaired) electrons. The number of anilines is 1. The fourth-order valence-electron chi connectivity index (χ4n) is 3.58. The van der Waals surface area contributed by atoms with Crippen LogP contribution >= 0.6 is 0 Å². The summed E-state index contributed by atoms with van der Waals surface area (Å²) in [5.74, 6) is 1.87. The van der Waals surface area contributed by atoms with Crippen LogP contribution in [0.25, 0.3) is 0 Å². The summed E-state index contributed by atoms with van der Waals surface area (Å²) in [7, 11) is 3.19. The molecule has 0 unspecified atom stereocenters. The summed E-state index contributed by atoms with van der Waals surface area (Å²) < 4.78 is 10.6. The number of ether oxygens (including phenoxy) is 2. The highest BCUT2D eigenvalue weighted by Crippen LogP contribution is 2.27. The van der Waals surface area contributed by atoms with Crippen molar-refractivity contribution in [3.8, 4) is 11.5 Å². The van der Waals surface area contributed by atoms with Gasteiger partial charge in [0.2, 0.25) is 5.91 Å². The Hall–Kier alpha value is -3.36. The minimum absolute atomic E-state index is 0.0158. The first kappa shape index (κ1) is 21.4. The molecule has 9 heteroatoms. The highest BCUT2D eigenvalue weighted by molar-refractivity contribution is 5.79. The van der Waals surface area contributed by atoms with Crippen molar-refractivity contribution in [2.75, 3.05) is 38.8 Å². The van der Waals surface area contributed by atoms with Gasteiger partial charge in [-0.2, -0.15) is 0 Å². The topological polar surface area (TPSA) is 107 Å². The van der Waals surface area contributed by atoms with Crippen LogP contribution in [-0.2, 0) is 11.2 Å². The number of hydrogen-bond donors (Lipinski definition) is 1. The molecular formula is C21H26N4O5. The second-order valence-corrected chi connectivity index (χ2v) is 7.15. The van der Waals surface area contributed by atoms with Crippen LogP contribution in [0.2, 0.25) is 0 Å². The predicted molar refractivity (Wildman–Crippen MR) is 112 cm³/mol. The van der Waals surface area contributed by atoms with Crippen LogP contribution in [0.3, 0.4) is 0 Å². The van der Waals surface area contributed by atoms with Crippen LogP contribution in [0.4, 0.5) is 11.5 Å². The number of aromatic nitrogens is 1. The molecule has 3 rings (SSSR count). The molecule has 0 bridgehead atoms. The first-order chi connectivity index (χ1) is 14.5. The van der Waals surface area contributed by atoms with Crippen molar-refractivity contribution in [3.05, 3.63) is 52.2 Å². The minimum atomic E-state index is -0.471. The van der Waals surface area contributed by atoms with E-state index in [2.05, 4.69) is 10.3 Å². The summed E-state index contributed by atoms with van der Waals surface area (Å²) in [5, 5.41) is 13.8. The normalized spacial score (nSPS) is 16.1. The molecule has 1 aromatic heterocycles. The maximum absolute atomic E-state index is 12.6. The van der Waals surface area contributed by atoms with Gasteiger partial charge in [0.25, 0.3) is 5.69 Å². The van der Waals surface area contributed by atoms with Gasteiger partial charge in [-0.1, -0.05) is 6.07 Å². The number of carbonyl (C=O) groups is 1. The van der Waals surface area contributed by atoms with Gasteiger partial charge in [-0.15, -0.1) is 0 Å². The summed E-state index contributed by atoms with van der Waals surface area (Å²) in [6.07, 6.45) is 3.62. The number of amides is 1. The van der Waals surface area contributed by atoms with Crippen LogP contribution in [0.15, 0.2) is 36.5 Å². The SMILES string of the molecule is COc1ccc(CCNC(=O)[C@@H]2CCCN(c3ccc([N+](=O)[O-])cn3)C2)cc1OC. The van der Waals surface area contributed by atoms with Crippen LogP contribution in [-0.4, -0.2) is 49.7 Å². The Labute approximate surface area is 175 Å². The number of pyridine rings is 1. The third kappa shape index (κ3) is 5.16. The molecule has 2 heterocycles. The van der Waals surface area contributed by atoms with E-state index < -0.39 is 4.92 Å². The molecule has 1 aliphatic rings. The Morgan fingerprint density at radius 3 is 2.73 bits per heavy atom. The summed E-state index contributed by atoms with van der Waals surface area (Å²) in [6.45, 7) is 1.85. The molecule has 0 saturated carbocycles. The molecule has 1 atom stereocenters. The van der Waals surface area contributed by atoms with E-state index in [9.17, 15) is 14.9 Å². The van der Waals surface area contributed by atoms with Gasteiger partial charge in [-0.05, 0) is 43.0 Å². The Bertz CT molecular complexity index is 887. The molecule has 1 amide bonds. The lowest BCUT2D eigenvalue weighted by Gasteiger charge is -2.32. The van der Waals surface area contributed by atoms with Crippen molar-refractivity contribution in [2.45, 2.75) is 19.3 Å². The van der Waals surface area contributed by atoms with Crippen LogP contribution in [0.5, 0.6) is 11.5 Å². The van der Waals surface area contributed by atoms with Gasteiger partial charge < -0.3 is 19.7 Å². The summed E-state index contributed by atoms with van der Waals surface area (Å²) in [6, 6.07) is 8.79. The van der Waals surface area contributed by atoms with E-state index in [1.165, 1.54) is 12.3 Å². The van der Waals surface area contributed by atoms with Crippen molar-refractivity contribution < 1.29 is 19.2 Å². The fourth-order valence-corrected chi connectivity index (χ4v) is 3.58. The maximum Gasteiger partial charge on any atom is 0.287 e. The molecule has 2 aromatic rings. The smallest absolute Gasteiger partial charge is 0.287 e. The number of nitro groups is 1. The van der Waals surface area contributed by atoms with Gasteiger partial charge in [-0.3, -0.25) is 14.9 Å². The molecule has 1 aliphatic heterocycles. The average Bonchev–Trinajstić information content (AvgIpc) is 2.79. The first-order valence-electron chi connectivity index (χ1n) is 9.86. The van der Waals surface area contributed by atoms with Gasteiger partial charge >= 0.3 is 0 Å². The molecule has 1 aromatic carbocycles. The number of methoxy groups -OCH3 is 2. The van der Waals surface area contributed by atoms with Crippen molar-refractivity contribution in [1.29, 1.82) is 0 Å². The minimum Gasteiger partial charge on any atom is -0.493 e. The third-order valence-electron chi connectivity index (χ3n) is 5.22. The lowest BCUT2D eigenvalue weighted by Crippen LogP contribution is -2.43. The predicted octanol–water partition coefficient (Wildman–Crippen LogP) is 2.58. The van der Waals surface area contributed by atoms with Crippen molar-refractivity contribution in [3.63, 3.8) is 0 Å². The van der Waals surface area contributed by atoms with E-state index in [4.69, 9.17) is 9.47 Å². The number of piperidine rings is 1. The second kappa shape index (κ2) is 9.91. The number of benzene rings is 1. The van der Waals surface area contributed by atoms with Crippen molar-refractivity contribution in [1.82, 2.24) is 10.3 Å². The molecule has 0 spiro atoms. The zero-order chi connectivity index (χ0) is 21.5. The Morgan fingerprint density at radius 2 is 2.07 bits per heavy atom. The Kier molecular flexibility index (Phi) is 7.05. The van der Waals surface area contributed by atoms with E-state index in [1.807, 2.05) is 23.1 Å². The van der Waals surface area contributed by atoms with Gasteiger partial charge in [-0.25, -0.2) is 4.98 Å². The molecule has 30 heavy (non-hydrogen) atoms. The standard InChI is InChI=1S/C21H26N4O5/c1-29-18-7-5-15(12-19(18)30-2)9-10-22-21(26)16-4-3-11-24(14-16)20-8-6-17(13-23-20)25(27)28/h5-8,12-13,16H,3-4,9-11,14H2,1-2H3,(H,22,26)/t16-/m1/s1. The van der Waals surface area contributed by atoms with E-state index in [0.29, 0.717) is 36.8 Å². The van der Waals surface area contributed by atoms with Crippen molar-refractivity contribution in [2.24, 2.45) is 5.92 Å². The van der Waals surface area contributed by atoms with E-state index >= 15 is 0 Å².